The van der Waals surface area contributed by atoms with Crippen LogP contribution < -0.4 is 5.63 Å². The molecule has 0 fully saturated rings. The number of benzene rings is 1. The summed E-state index contributed by atoms with van der Waals surface area (Å²) in [6.07, 6.45) is 0.747. The van der Waals surface area contributed by atoms with Gasteiger partial charge in [0, 0.05) is 10.9 Å². The van der Waals surface area contributed by atoms with Crippen LogP contribution in [0.25, 0.3) is 11.0 Å². The summed E-state index contributed by atoms with van der Waals surface area (Å²) < 4.78 is 5.12. The minimum absolute atomic E-state index is 0.186. The van der Waals surface area contributed by atoms with Crippen LogP contribution in [-0.2, 0) is 6.42 Å². The molecular weight excluding hydrogens is 192 g/mol. The standard InChI is InChI=1S/C12H12O3/c1-3-9-7(2)12(14)15-11-5-4-8(13)6-10(9)11/h4-6,13H,3H2,1-2H3. The van der Waals surface area contributed by atoms with Gasteiger partial charge in [-0.1, -0.05) is 6.92 Å². The van der Waals surface area contributed by atoms with Crippen LogP contribution in [0.1, 0.15) is 18.1 Å². The zero-order valence-corrected chi connectivity index (χ0v) is 8.70. The van der Waals surface area contributed by atoms with Crippen LogP contribution >= 0.6 is 0 Å². The molecule has 0 unspecified atom stereocenters. The average Bonchev–Trinajstić information content (AvgIpc) is 2.21. The van der Waals surface area contributed by atoms with E-state index in [-0.39, 0.29) is 11.4 Å². The number of hydrogen-bond acceptors (Lipinski definition) is 3. The zero-order valence-electron chi connectivity index (χ0n) is 8.70. The topological polar surface area (TPSA) is 50.4 Å². The molecule has 2 rings (SSSR count). The Kier molecular flexibility index (Phi) is 2.23. The number of hydrogen-bond donors (Lipinski definition) is 1. The second-order valence-electron chi connectivity index (χ2n) is 3.53. The van der Waals surface area contributed by atoms with Gasteiger partial charge in [-0.25, -0.2) is 4.79 Å². The van der Waals surface area contributed by atoms with E-state index >= 15 is 0 Å². The van der Waals surface area contributed by atoms with Gasteiger partial charge in [0.2, 0.25) is 0 Å². The van der Waals surface area contributed by atoms with Crippen LogP contribution in [0.15, 0.2) is 27.4 Å². The molecule has 0 aliphatic heterocycles. The SMILES string of the molecule is CCc1c(C)c(=O)oc2ccc(O)cc12. The maximum absolute atomic E-state index is 11.5. The predicted molar refractivity (Wildman–Crippen MR) is 58.3 cm³/mol. The first-order valence-corrected chi connectivity index (χ1v) is 4.88. The van der Waals surface area contributed by atoms with Crippen LogP contribution in [0.3, 0.4) is 0 Å². The number of phenols is 1. The third kappa shape index (κ3) is 1.50. The van der Waals surface area contributed by atoms with Crippen molar-refractivity contribution in [1.29, 1.82) is 0 Å². The lowest BCUT2D eigenvalue weighted by Crippen LogP contribution is -2.07. The maximum atomic E-state index is 11.5. The summed E-state index contributed by atoms with van der Waals surface area (Å²) in [5.41, 5.74) is 1.79. The lowest BCUT2D eigenvalue weighted by atomic mass is 10.0. The summed E-state index contributed by atoms with van der Waals surface area (Å²) in [7, 11) is 0. The van der Waals surface area contributed by atoms with E-state index in [2.05, 4.69) is 0 Å². The largest absolute Gasteiger partial charge is 0.508 e. The van der Waals surface area contributed by atoms with Crippen molar-refractivity contribution >= 4 is 11.0 Å². The zero-order chi connectivity index (χ0) is 11.0. The second-order valence-corrected chi connectivity index (χ2v) is 3.53. The van der Waals surface area contributed by atoms with Crippen molar-refractivity contribution in [3.05, 3.63) is 39.7 Å². The summed E-state index contributed by atoms with van der Waals surface area (Å²) in [6, 6.07) is 4.76. The van der Waals surface area contributed by atoms with Gasteiger partial charge in [0.25, 0.3) is 0 Å². The molecule has 2 aromatic rings. The van der Waals surface area contributed by atoms with Gasteiger partial charge in [-0.05, 0) is 37.1 Å². The number of aromatic hydroxyl groups is 1. The fraction of sp³-hybridized carbons (Fsp3) is 0.250. The van der Waals surface area contributed by atoms with Gasteiger partial charge < -0.3 is 9.52 Å². The van der Waals surface area contributed by atoms with Crippen LogP contribution in [-0.4, -0.2) is 5.11 Å². The molecule has 1 aromatic heterocycles. The number of phenolic OH excluding ortho intramolecular Hbond substituents is 1. The van der Waals surface area contributed by atoms with Gasteiger partial charge in [0.1, 0.15) is 11.3 Å². The Morgan fingerprint density at radius 1 is 1.40 bits per heavy atom. The third-order valence-corrected chi connectivity index (χ3v) is 2.60. The Bertz CT molecular complexity index is 567. The van der Waals surface area contributed by atoms with Crippen molar-refractivity contribution in [1.82, 2.24) is 0 Å². The van der Waals surface area contributed by atoms with Gasteiger partial charge in [0.15, 0.2) is 0 Å². The second kappa shape index (κ2) is 3.42. The number of fused-ring (bicyclic) bond motifs is 1. The van der Waals surface area contributed by atoms with Gasteiger partial charge in [-0.15, -0.1) is 0 Å². The van der Waals surface area contributed by atoms with E-state index in [1.807, 2.05) is 6.92 Å². The van der Waals surface area contributed by atoms with E-state index in [1.54, 1.807) is 19.1 Å². The molecule has 3 nitrogen and oxygen atoms in total. The van der Waals surface area contributed by atoms with Crippen LogP contribution in [0.4, 0.5) is 0 Å². The van der Waals surface area contributed by atoms with Crippen molar-refractivity contribution in [3.63, 3.8) is 0 Å². The Morgan fingerprint density at radius 2 is 2.13 bits per heavy atom. The third-order valence-electron chi connectivity index (χ3n) is 2.60. The highest BCUT2D eigenvalue weighted by Crippen LogP contribution is 2.24. The van der Waals surface area contributed by atoms with Gasteiger partial charge >= 0.3 is 5.63 Å². The molecule has 1 N–H and O–H groups in total. The van der Waals surface area contributed by atoms with Gasteiger partial charge in [-0.3, -0.25) is 0 Å². The van der Waals surface area contributed by atoms with E-state index < -0.39 is 0 Å². The molecule has 0 radical (unpaired) electrons. The molecule has 0 spiro atoms. The fourth-order valence-corrected chi connectivity index (χ4v) is 1.80. The van der Waals surface area contributed by atoms with Crippen LogP contribution in [0, 0.1) is 6.92 Å². The summed E-state index contributed by atoms with van der Waals surface area (Å²) in [6.45, 7) is 3.72. The summed E-state index contributed by atoms with van der Waals surface area (Å²) in [4.78, 5) is 11.5. The Balaban J connectivity index is 2.95. The molecule has 0 saturated heterocycles. The molecule has 0 bridgehead atoms. The first-order valence-electron chi connectivity index (χ1n) is 4.88. The molecule has 1 aromatic carbocycles. The molecule has 0 atom stereocenters. The molecule has 0 amide bonds. The molecule has 15 heavy (non-hydrogen) atoms. The molecule has 3 heteroatoms. The first-order chi connectivity index (χ1) is 7.13. The fourth-order valence-electron chi connectivity index (χ4n) is 1.80. The molecule has 0 aliphatic rings. The Hall–Kier alpha value is -1.77. The monoisotopic (exact) mass is 204 g/mol. The predicted octanol–water partition coefficient (Wildman–Crippen LogP) is 2.37. The lowest BCUT2D eigenvalue weighted by Gasteiger charge is -2.06. The highest BCUT2D eigenvalue weighted by atomic mass is 16.4. The van der Waals surface area contributed by atoms with E-state index in [9.17, 15) is 9.90 Å². The van der Waals surface area contributed by atoms with Crippen molar-refractivity contribution in [2.75, 3.05) is 0 Å². The van der Waals surface area contributed by atoms with E-state index in [1.165, 1.54) is 6.07 Å². The summed E-state index contributed by atoms with van der Waals surface area (Å²) in [5.74, 6) is 0.186. The minimum atomic E-state index is -0.301. The van der Waals surface area contributed by atoms with Crippen molar-refractivity contribution in [2.24, 2.45) is 0 Å². The van der Waals surface area contributed by atoms with E-state index in [0.717, 1.165) is 17.4 Å². The molecule has 0 aliphatic carbocycles. The lowest BCUT2D eigenvalue weighted by molar-refractivity contribution is 0.475. The highest BCUT2D eigenvalue weighted by molar-refractivity contribution is 5.82. The first kappa shape index (κ1) is 9.77. The molecular formula is C12H12O3. The summed E-state index contributed by atoms with van der Waals surface area (Å²) >= 11 is 0. The van der Waals surface area contributed by atoms with Crippen molar-refractivity contribution in [3.8, 4) is 5.75 Å². The van der Waals surface area contributed by atoms with E-state index in [4.69, 9.17) is 4.42 Å². The van der Waals surface area contributed by atoms with Crippen molar-refractivity contribution < 1.29 is 9.52 Å². The minimum Gasteiger partial charge on any atom is -0.508 e. The van der Waals surface area contributed by atoms with E-state index in [0.29, 0.717) is 11.1 Å². The smallest absolute Gasteiger partial charge is 0.339 e. The highest BCUT2D eigenvalue weighted by Gasteiger charge is 2.09. The number of rotatable bonds is 1. The van der Waals surface area contributed by atoms with Crippen LogP contribution in [0.2, 0.25) is 0 Å². The van der Waals surface area contributed by atoms with Gasteiger partial charge in [-0.2, -0.15) is 0 Å². The maximum Gasteiger partial charge on any atom is 0.339 e. The summed E-state index contributed by atoms with van der Waals surface area (Å²) in [5, 5.41) is 10.2. The molecule has 78 valence electrons. The quantitative estimate of drug-likeness (QED) is 0.725. The molecule has 1 heterocycles. The number of aryl methyl sites for hydroxylation is 1. The Morgan fingerprint density at radius 3 is 2.80 bits per heavy atom. The van der Waals surface area contributed by atoms with Crippen molar-refractivity contribution in [2.45, 2.75) is 20.3 Å². The Labute approximate surface area is 87.0 Å². The molecule has 0 saturated carbocycles. The van der Waals surface area contributed by atoms with Gasteiger partial charge in [0.05, 0.1) is 0 Å². The van der Waals surface area contributed by atoms with Crippen LogP contribution in [0.5, 0.6) is 5.75 Å². The normalized spacial score (nSPS) is 10.8. The average molecular weight is 204 g/mol.